The van der Waals surface area contributed by atoms with Crippen molar-refractivity contribution in [2.24, 2.45) is 5.92 Å². The smallest absolute Gasteiger partial charge is 0.463 e. The van der Waals surface area contributed by atoms with E-state index in [1.807, 2.05) is 0 Å². The number of hydrogen-bond donors (Lipinski definition) is 1. The second kappa shape index (κ2) is 6.31. The number of carbonyl (C=O) groups excluding carboxylic acids is 2. The summed E-state index contributed by atoms with van der Waals surface area (Å²) < 4.78 is 23.3. The first-order valence-electron chi connectivity index (χ1n) is 9.25. The number of hydrogen-bond acceptors (Lipinski definition) is 10. The molecule has 5 rings (SSSR count). The van der Waals surface area contributed by atoms with Gasteiger partial charge in [-0.1, -0.05) is 6.42 Å². The van der Waals surface area contributed by atoms with Gasteiger partial charge in [-0.3, -0.25) is 4.79 Å². The van der Waals surface area contributed by atoms with Crippen molar-refractivity contribution in [1.82, 2.24) is 14.6 Å². The fraction of sp³-hybridized carbons (Fsp3) is 0.500. The van der Waals surface area contributed by atoms with Crippen molar-refractivity contribution < 1.29 is 28.5 Å². The van der Waals surface area contributed by atoms with Crippen LogP contribution in [0, 0.1) is 17.2 Å². The maximum atomic E-state index is 12.1. The molecule has 2 aromatic heterocycles. The van der Waals surface area contributed by atoms with E-state index in [-0.39, 0.29) is 24.3 Å². The van der Waals surface area contributed by atoms with Gasteiger partial charge in [0, 0.05) is 0 Å². The van der Waals surface area contributed by atoms with Crippen molar-refractivity contribution >= 4 is 23.5 Å². The van der Waals surface area contributed by atoms with Crippen LogP contribution >= 0.6 is 0 Å². The first-order valence-corrected chi connectivity index (χ1v) is 9.25. The van der Waals surface area contributed by atoms with E-state index in [1.165, 1.54) is 10.8 Å². The Morgan fingerprint density at radius 1 is 1.41 bits per heavy atom. The van der Waals surface area contributed by atoms with Crippen molar-refractivity contribution in [3.8, 4) is 6.07 Å². The number of nitrogens with zero attached hydrogens (tertiary/aromatic N) is 4. The zero-order valence-electron chi connectivity index (χ0n) is 15.2. The van der Waals surface area contributed by atoms with Crippen molar-refractivity contribution in [2.75, 3.05) is 12.3 Å². The van der Waals surface area contributed by atoms with Crippen molar-refractivity contribution in [2.45, 2.75) is 43.2 Å². The predicted molar refractivity (Wildman–Crippen MR) is 93.0 cm³/mol. The highest BCUT2D eigenvalue weighted by atomic mass is 16.8. The molecular weight excluding hydrogens is 382 g/mol. The molecule has 0 radical (unpaired) electrons. The first-order chi connectivity index (χ1) is 14.0. The van der Waals surface area contributed by atoms with Gasteiger partial charge in [0.05, 0.1) is 11.6 Å². The van der Waals surface area contributed by atoms with Gasteiger partial charge in [0.25, 0.3) is 0 Å². The first kappa shape index (κ1) is 17.7. The summed E-state index contributed by atoms with van der Waals surface area (Å²) in [5, 5.41) is 14.2. The van der Waals surface area contributed by atoms with E-state index in [9.17, 15) is 14.9 Å². The summed E-state index contributed by atoms with van der Waals surface area (Å²) >= 11 is 0. The molecule has 3 fully saturated rings. The van der Waals surface area contributed by atoms with Crippen LogP contribution in [0.1, 0.15) is 25.0 Å². The summed E-state index contributed by atoms with van der Waals surface area (Å²) in [5.41, 5.74) is 4.95. The summed E-state index contributed by atoms with van der Waals surface area (Å²) in [7, 11) is 0. The highest BCUT2D eigenvalue weighted by Crippen LogP contribution is 2.46. The molecule has 3 aliphatic rings. The Kier molecular flexibility index (Phi) is 3.85. The molecule has 1 aliphatic carbocycles. The number of ether oxygens (including phenoxy) is 4. The minimum atomic E-state index is -1.71. The number of carbonyl (C=O) groups is 2. The van der Waals surface area contributed by atoms with Crippen LogP contribution in [-0.4, -0.2) is 51.6 Å². The van der Waals surface area contributed by atoms with Crippen LogP contribution in [0.3, 0.4) is 0 Å². The lowest BCUT2D eigenvalue weighted by Crippen LogP contribution is -2.39. The van der Waals surface area contributed by atoms with Gasteiger partial charge < -0.3 is 24.7 Å². The lowest BCUT2D eigenvalue weighted by molar-refractivity contribution is -0.158. The number of anilines is 1. The molecule has 11 nitrogen and oxygen atoms in total. The number of nitriles is 1. The van der Waals surface area contributed by atoms with E-state index in [1.54, 1.807) is 12.1 Å². The van der Waals surface area contributed by atoms with Crippen LogP contribution in [0.5, 0.6) is 0 Å². The van der Waals surface area contributed by atoms with Crippen LogP contribution in [-0.2, 0) is 29.3 Å². The minimum absolute atomic E-state index is 0.107. The van der Waals surface area contributed by atoms with E-state index >= 15 is 0 Å². The molecule has 2 saturated heterocycles. The van der Waals surface area contributed by atoms with Gasteiger partial charge in [0.2, 0.25) is 5.60 Å². The molecule has 2 N–H and O–H groups in total. The van der Waals surface area contributed by atoms with Gasteiger partial charge in [-0.2, -0.15) is 10.4 Å². The molecule has 11 heteroatoms. The summed E-state index contributed by atoms with van der Waals surface area (Å²) in [4.78, 5) is 27.8. The molecule has 1 saturated carbocycles. The molecule has 2 aliphatic heterocycles. The van der Waals surface area contributed by atoms with Crippen LogP contribution in [0.4, 0.5) is 10.6 Å². The minimum Gasteiger partial charge on any atom is -0.463 e. The Morgan fingerprint density at radius 3 is 2.97 bits per heavy atom. The molecule has 0 spiro atoms. The highest BCUT2D eigenvalue weighted by Gasteiger charge is 2.65. The second-order valence-electron chi connectivity index (χ2n) is 7.29. The third-order valence-corrected chi connectivity index (χ3v) is 5.72. The van der Waals surface area contributed by atoms with Crippen molar-refractivity contribution in [1.29, 1.82) is 5.26 Å². The Bertz CT molecular complexity index is 1040. The van der Waals surface area contributed by atoms with Crippen molar-refractivity contribution in [3.05, 3.63) is 24.2 Å². The van der Waals surface area contributed by atoms with Gasteiger partial charge in [-0.25, -0.2) is 14.3 Å². The number of nitrogens with two attached hydrogens (primary N) is 1. The SMILES string of the molecule is N#C[C@@]1(c2ccc3c(N)ncnn23)O[C@H](COC(=O)C2CCC2)[C@H]2OC(=O)O[C@H]21. The lowest BCUT2D eigenvalue weighted by Gasteiger charge is -2.26. The van der Waals surface area contributed by atoms with E-state index < -0.39 is 30.1 Å². The van der Waals surface area contributed by atoms with Crippen LogP contribution in [0.2, 0.25) is 0 Å². The summed E-state index contributed by atoms with van der Waals surface area (Å²) in [5.74, 6) is -0.200. The monoisotopic (exact) mass is 399 g/mol. The normalized spacial score (nSPS) is 30.9. The fourth-order valence-corrected chi connectivity index (χ4v) is 3.97. The Balaban J connectivity index is 1.49. The Labute approximate surface area is 164 Å². The molecule has 4 atom stereocenters. The topological polar surface area (TPSA) is 151 Å². The second-order valence-corrected chi connectivity index (χ2v) is 7.29. The average molecular weight is 399 g/mol. The summed E-state index contributed by atoms with van der Waals surface area (Å²) in [6.07, 6.45) is 0.121. The number of esters is 1. The molecule has 0 unspecified atom stereocenters. The molecular formula is C18H17N5O6. The van der Waals surface area contributed by atoms with E-state index in [0.29, 0.717) is 11.2 Å². The molecule has 0 bridgehead atoms. The lowest BCUT2D eigenvalue weighted by atomic mass is 9.86. The maximum absolute atomic E-state index is 12.1. The summed E-state index contributed by atoms with van der Waals surface area (Å²) in [6.45, 7) is -0.156. The van der Waals surface area contributed by atoms with Crippen LogP contribution in [0.25, 0.3) is 5.52 Å². The third-order valence-electron chi connectivity index (χ3n) is 5.72. The number of rotatable bonds is 4. The zero-order valence-corrected chi connectivity index (χ0v) is 15.2. The van der Waals surface area contributed by atoms with Gasteiger partial charge >= 0.3 is 12.1 Å². The Morgan fingerprint density at radius 2 is 2.24 bits per heavy atom. The third kappa shape index (κ3) is 2.52. The largest absolute Gasteiger partial charge is 0.509 e. The molecule has 150 valence electrons. The van der Waals surface area contributed by atoms with Gasteiger partial charge in [-0.15, -0.1) is 0 Å². The van der Waals surface area contributed by atoms with Crippen LogP contribution < -0.4 is 5.73 Å². The molecule has 4 heterocycles. The molecule has 0 amide bonds. The predicted octanol–water partition coefficient (Wildman–Crippen LogP) is 0.676. The number of aromatic nitrogens is 3. The Hall–Kier alpha value is -3.39. The van der Waals surface area contributed by atoms with Gasteiger partial charge in [0.15, 0.2) is 18.0 Å². The van der Waals surface area contributed by atoms with Gasteiger partial charge in [0.1, 0.15) is 30.6 Å². The van der Waals surface area contributed by atoms with E-state index in [2.05, 4.69) is 16.2 Å². The summed E-state index contributed by atoms with van der Waals surface area (Å²) in [6, 6.07) is 5.35. The number of fused-ring (bicyclic) bond motifs is 2. The molecule has 0 aromatic carbocycles. The van der Waals surface area contributed by atoms with Gasteiger partial charge in [-0.05, 0) is 25.0 Å². The standard InChI is InChI=1S/C18H17N5O6/c19-7-18(12-5-4-10-15(20)21-8-22-23(10)12)14-13(27-17(25)28-14)11(29-18)6-26-16(24)9-2-1-3-9/h4-5,8-9,11,13-14H,1-3,6H2,(H2,20,21,22)/t11-,13-,14-,18+/m1/s1. The van der Waals surface area contributed by atoms with Crippen LogP contribution in [0.15, 0.2) is 18.5 Å². The highest BCUT2D eigenvalue weighted by molar-refractivity contribution is 5.73. The van der Waals surface area contributed by atoms with E-state index in [4.69, 9.17) is 24.7 Å². The molecule has 29 heavy (non-hydrogen) atoms. The number of nitrogen functional groups attached to an aromatic ring is 1. The van der Waals surface area contributed by atoms with E-state index in [0.717, 1.165) is 19.3 Å². The zero-order chi connectivity index (χ0) is 20.2. The molecule has 2 aromatic rings. The quantitative estimate of drug-likeness (QED) is 0.726. The average Bonchev–Trinajstić information content (AvgIpc) is 3.32. The maximum Gasteiger partial charge on any atom is 0.509 e. The fourth-order valence-electron chi connectivity index (χ4n) is 3.97. The van der Waals surface area contributed by atoms with Crippen molar-refractivity contribution in [3.63, 3.8) is 0 Å².